The van der Waals surface area contributed by atoms with Crippen LogP contribution in [0, 0.1) is 0 Å². The number of ether oxygens (including phenoxy) is 2. The Kier molecular flexibility index (Phi) is 6.70. The second-order valence-electron chi connectivity index (χ2n) is 6.90. The summed E-state index contributed by atoms with van der Waals surface area (Å²) in [5.74, 6) is 0.216. The lowest BCUT2D eigenvalue weighted by Crippen LogP contribution is -2.43. The average molecular weight is 367 g/mol. The highest BCUT2D eigenvalue weighted by Crippen LogP contribution is 2.22. The summed E-state index contributed by atoms with van der Waals surface area (Å²) in [5, 5.41) is 0.725. The zero-order valence-corrected chi connectivity index (χ0v) is 15.6. The molecule has 138 valence electrons. The number of carbonyl (C=O) groups is 1. The molecule has 2 saturated heterocycles. The minimum absolute atomic E-state index is 0.136. The van der Waals surface area contributed by atoms with Crippen LogP contribution in [0.2, 0.25) is 5.02 Å². The highest BCUT2D eigenvalue weighted by atomic mass is 35.5. The molecule has 2 aliphatic rings. The molecule has 3 rings (SSSR count). The zero-order chi connectivity index (χ0) is 17.6. The van der Waals surface area contributed by atoms with Crippen LogP contribution in [-0.4, -0.2) is 67.8 Å². The number of hydrogen-bond acceptors (Lipinski definition) is 4. The van der Waals surface area contributed by atoms with E-state index in [9.17, 15) is 4.79 Å². The van der Waals surface area contributed by atoms with Gasteiger partial charge in [0.2, 0.25) is 5.91 Å². The molecule has 2 aliphatic heterocycles. The summed E-state index contributed by atoms with van der Waals surface area (Å²) in [5.41, 5.74) is 1.01. The predicted molar refractivity (Wildman–Crippen MR) is 97.7 cm³/mol. The molecule has 0 aliphatic carbocycles. The summed E-state index contributed by atoms with van der Waals surface area (Å²) in [6.45, 7) is 4.23. The van der Waals surface area contributed by atoms with Crippen molar-refractivity contribution in [3.63, 3.8) is 0 Å². The van der Waals surface area contributed by atoms with Gasteiger partial charge in [-0.05, 0) is 31.5 Å². The second-order valence-corrected chi connectivity index (χ2v) is 7.30. The maximum absolute atomic E-state index is 12.5. The van der Waals surface area contributed by atoms with Gasteiger partial charge in [-0.15, -0.1) is 0 Å². The van der Waals surface area contributed by atoms with Crippen LogP contribution in [0.3, 0.4) is 0 Å². The van der Waals surface area contributed by atoms with E-state index >= 15 is 0 Å². The molecular weight excluding hydrogens is 340 g/mol. The van der Waals surface area contributed by atoms with Gasteiger partial charge in [-0.2, -0.15) is 0 Å². The van der Waals surface area contributed by atoms with Crippen LogP contribution in [0.5, 0.6) is 0 Å². The van der Waals surface area contributed by atoms with Crippen LogP contribution in [0.25, 0.3) is 0 Å². The first-order valence-corrected chi connectivity index (χ1v) is 9.42. The minimum Gasteiger partial charge on any atom is -0.376 e. The minimum atomic E-state index is 0.136. The molecule has 6 heteroatoms. The van der Waals surface area contributed by atoms with Gasteiger partial charge >= 0.3 is 0 Å². The van der Waals surface area contributed by atoms with Crippen LogP contribution in [0.15, 0.2) is 24.3 Å². The third-order valence-electron chi connectivity index (χ3n) is 5.10. The van der Waals surface area contributed by atoms with Crippen molar-refractivity contribution < 1.29 is 14.3 Å². The molecule has 0 aromatic heterocycles. The molecule has 1 aromatic carbocycles. The van der Waals surface area contributed by atoms with Crippen LogP contribution in [-0.2, 0) is 20.8 Å². The van der Waals surface area contributed by atoms with E-state index in [1.165, 1.54) is 0 Å². The monoisotopic (exact) mass is 366 g/mol. The standard InChI is InChI=1S/C19H27ClN2O3/c1-21(13-17-14-24-10-11-25-17)16-6-7-19(23)22(9-8-16)12-15-4-2-3-5-18(15)20/h2-5,16-17H,6-14H2,1H3. The summed E-state index contributed by atoms with van der Waals surface area (Å²) in [6, 6.07) is 8.14. The molecule has 2 fully saturated rings. The lowest BCUT2D eigenvalue weighted by Gasteiger charge is -2.32. The maximum atomic E-state index is 12.5. The molecule has 2 unspecified atom stereocenters. The van der Waals surface area contributed by atoms with Gasteiger partial charge in [-0.25, -0.2) is 0 Å². The van der Waals surface area contributed by atoms with E-state index in [1.807, 2.05) is 29.2 Å². The summed E-state index contributed by atoms with van der Waals surface area (Å²) < 4.78 is 11.2. The van der Waals surface area contributed by atoms with Crippen molar-refractivity contribution >= 4 is 17.5 Å². The molecule has 2 heterocycles. The van der Waals surface area contributed by atoms with Crippen LogP contribution in [0.1, 0.15) is 24.8 Å². The lowest BCUT2D eigenvalue weighted by atomic mass is 10.1. The number of likely N-dealkylation sites (N-methyl/N-ethyl adjacent to an activating group) is 1. The Morgan fingerprint density at radius 2 is 2.12 bits per heavy atom. The van der Waals surface area contributed by atoms with Gasteiger partial charge in [0.1, 0.15) is 0 Å². The van der Waals surface area contributed by atoms with Gasteiger partial charge in [-0.1, -0.05) is 29.8 Å². The highest BCUT2D eigenvalue weighted by Gasteiger charge is 2.27. The number of halogens is 1. The molecule has 0 N–H and O–H groups in total. The van der Waals surface area contributed by atoms with E-state index in [2.05, 4.69) is 11.9 Å². The third-order valence-corrected chi connectivity index (χ3v) is 5.46. The van der Waals surface area contributed by atoms with Gasteiger partial charge in [-0.3, -0.25) is 4.79 Å². The highest BCUT2D eigenvalue weighted by molar-refractivity contribution is 6.31. The first-order chi connectivity index (χ1) is 12.1. The van der Waals surface area contributed by atoms with Gasteiger partial charge in [0.05, 0.1) is 25.9 Å². The van der Waals surface area contributed by atoms with E-state index in [1.54, 1.807) is 0 Å². The summed E-state index contributed by atoms with van der Waals surface area (Å²) >= 11 is 6.25. The Morgan fingerprint density at radius 3 is 2.88 bits per heavy atom. The smallest absolute Gasteiger partial charge is 0.222 e. The summed E-state index contributed by atoms with van der Waals surface area (Å²) in [4.78, 5) is 16.8. The van der Waals surface area contributed by atoms with Gasteiger partial charge in [0.15, 0.2) is 0 Å². The third kappa shape index (κ3) is 5.17. The number of rotatable bonds is 5. The topological polar surface area (TPSA) is 42.0 Å². The van der Waals surface area contributed by atoms with E-state index in [0.717, 1.165) is 36.5 Å². The fourth-order valence-electron chi connectivity index (χ4n) is 3.57. The molecule has 1 amide bonds. The normalized spacial score (nSPS) is 25.2. The van der Waals surface area contributed by atoms with Gasteiger partial charge in [0, 0.05) is 37.1 Å². The van der Waals surface area contributed by atoms with Crippen molar-refractivity contribution in [3.8, 4) is 0 Å². The number of hydrogen-bond donors (Lipinski definition) is 0. The number of likely N-dealkylation sites (tertiary alicyclic amines) is 1. The molecular formula is C19H27ClN2O3. The second kappa shape index (κ2) is 8.99. The van der Waals surface area contributed by atoms with Crippen molar-refractivity contribution in [2.75, 3.05) is 40.0 Å². The molecule has 0 radical (unpaired) electrons. The molecule has 25 heavy (non-hydrogen) atoms. The molecule has 1 aromatic rings. The van der Waals surface area contributed by atoms with Crippen molar-refractivity contribution in [2.45, 2.75) is 38.0 Å². The average Bonchev–Trinajstić information content (AvgIpc) is 2.80. The van der Waals surface area contributed by atoms with Crippen molar-refractivity contribution in [1.29, 1.82) is 0 Å². The Balaban J connectivity index is 1.55. The molecule has 5 nitrogen and oxygen atoms in total. The first kappa shape index (κ1) is 18.6. The molecule has 2 atom stereocenters. The summed E-state index contributed by atoms with van der Waals surface area (Å²) in [6.07, 6.45) is 2.58. The lowest BCUT2D eigenvalue weighted by molar-refractivity contribution is -0.131. The SMILES string of the molecule is CN(CC1COCCO1)C1CCC(=O)N(Cc2ccccc2Cl)CC1. The first-order valence-electron chi connectivity index (χ1n) is 9.04. The van der Waals surface area contributed by atoms with E-state index < -0.39 is 0 Å². The number of carbonyl (C=O) groups excluding carboxylic acids is 1. The fourth-order valence-corrected chi connectivity index (χ4v) is 3.77. The number of nitrogens with zero attached hydrogens (tertiary/aromatic N) is 2. The van der Waals surface area contributed by atoms with Crippen molar-refractivity contribution in [2.24, 2.45) is 0 Å². The fraction of sp³-hybridized carbons (Fsp3) is 0.632. The quantitative estimate of drug-likeness (QED) is 0.803. The van der Waals surface area contributed by atoms with E-state index in [-0.39, 0.29) is 12.0 Å². The van der Waals surface area contributed by atoms with Gasteiger partial charge < -0.3 is 19.3 Å². The number of benzene rings is 1. The maximum Gasteiger partial charge on any atom is 0.222 e. The Hall–Kier alpha value is -1.14. The van der Waals surface area contributed by atoms with E-state index in [0.29, 0.717) is 38.8 Å². The number of amides is 1. The zero-order valence-electron chi connectivity index (χ0n) is 14.8. The summed E-state index contributed by atoms with van der Waals surface area (Å²) in [7, 11) is 2.12. The van der Waals surface area contributed by atoms with Crippen LogP contribution >= 0.6 is 11.6 Å². The Bertz CT molecular complexity index is 578. The van der Waals surface area contributed by atoms with Crippen LogP contribution < -0.4 is 0 Å². The Labute approximate surface area is 154 Å². The van der Waals surface area contributed by atoms with Gasteiger partial charge in [0.25, 0.3) is 0 Å². The molecule has 0 bridgehead atoms. The van der Waals surface area contributed by atoms with Crippen molar-refractivity contribution in [1.82, 2.24) is 9.80 Å². The van der Waals surface area contributed by atoms with E-state index in [4.69, 9.17) is 21.1 Å². The molecule has 0 saturated carbocycles. The van der Waals surface area contributed by atoms with Crippen LogP contribution in [0.4, 0.5) is 0 Å². The van der Waals surface area contributed by atoms with Crippen molar-refractivity contribution in [3.05, 3.63) is 34.9 Å². The Morgan fingerprint density at radius 1 is 1.28 bits per heavy atom. The molecule has 0 spiro atoms. The largest absolute Gasteiger partial charge is 0.376 e. The predicted octanol–water partition coefficient (Wildman–Crippen LogP) is 2.57.